The van der Waals surface area contributed by atoms with E-state index in [0.717, 1.165) is 11.4 Å². The molecule has 0 unspecified atom stereocenters. The van der Waals surface area contributed by atoms with Gasteiger partial charge in [0, 0.05) is 23.8 Å². The molecular weight excluding hydrogens is 298 g/mol. The SMILES string of the molecule is CC.CC(=O)c1cnc(N(c2ccccc2)c2ccccc2)nc1. The predicted octanol–water partition coefficient (Wildman–Crippen LogP) is 5.18. The normalized spacial score (nSPS) is 9.62. The molecule has 0 bridgehead atoms. The molecule has 122 valence electrons. The molecule has 3 rings (SSSR count). The lowest BCUT2D eigenvalue weighted by atomic mass is 10.2. The van der Waals surface area contributed by atoms with Gasteiger partial charge in [0.05, 0.1) is 5.56 Å². The third kappa shape index (κ3) is 4.04. The lowest BCUT2D eigenvalue weighted by Crippen LogP contribution is -2.13. The van der Waals surface area contributed by atoms with E-state index in [4.69, 9.17) is 0 Å². The van der Waals surface area contributed by atoms with Gasteiger partial charge in [0.25, 0.3) is 0 Å². The van der Waals surface area contributed by atoms with Crippen molar-refractivity contribution in [3.63, 3.8) is 0 Å². The quantitative estimate of drug-likeness (QED) is 0.622. The fraction of sp³-hybridized carbons (Fsp3) is 0.150. The average molecular weight is 319 g/mol. The number of carbonyl (C=O) groups is 1. The van der Waals surface area contributed by atoms with Gasteiger partial charge in [-0.05, 0) is 31.2 Å². The van der Waals surface area contributed by atoms with E-state index in [-0.39, 0.29) is 5.78 Å². The molecule has 0 radical (unpaired) electrons. The van der Waals surface area contributed by atoms with Crippen molar-refractivity contribution >= 4 is 23.1 Å². The number of nitrogens with zero attached hydrogens (tertiary/aromatic N) is 3. The first kappa shape index (κ1) is 17.3. The lowest BCUT2D eigenvalue weighted by Gasteiger charge is -2.22. The Hall–Kier alpha value is -3.01. The number of carbonyl (C=O) groups excluding carboxylic acids is 1. The van der Waals surface area contributed by atoms with Gasteiger partial charge in [-0.25, -0.2) is 9.97 Å². The van der Waals surface area contributed by atoms with Crippen LogP contribution in [0.15, 0.2) is 73.1 Å². The third-order valence-corrected chi connectivity index (χ3v) is 3.27. The second-order valence-corrected chi connectivity index (χ2v) is 4.83. The Morgan fingerprint density at radius 1 is 0.792 bits per heavy atom. The van der Waals surface area contributed by atoms with Crippen LogP contribution in [0, 0.1) is 0 Å². The maximum atomic E-state index is 11.4. The molecule has 4 nitrogen and oxygen atoms in total. The van der Waals surface area contributed by atoms with Gasteiger partial charge >= 0.3 is 0 Å². The Kier molecular flexibility index (Phi) is 6.20. The van der Waals surface area contributed by atoms with Crippen LogP contribution in [0.25, 0.3) is 0 Å². The molecule has 2 aromatic carbocycles. The van der Waals surface area contributed by atoms with E-state index in [9.17, 15) is 4.79 Å². The highest BCUT2D eigenvalue weighted by atomic mass is 16.1. The van der Waals surface area contributed by atoms with Crippen molar-refractivity contribution in [2.45, 2.75) is 20.8 Å². The van der Waals surface area contributed by atoms with Crippen molar-refractivity contribution in [3.8, 4) is 0 Å². The molecule has 0 fully saturated rings. The number of hydrogen-bond acceptors (Lipinski definition) is 4. The zero-order valence-electron chi connectivity index (χ0n) is 14.2. The number of anilines is 3. The van der Waals surface area contributed by atoms with E-state index < -0.39 is 0 Å². The summed E-state index contributed by atoms with van der Waals surface area (Å²) in [4.78, 5) is 22.0. The summed E-state index contributed by atoms with van der Waals surface area (Å²) in [6.45, 7) is 5.50. The Morgan fingerprint density at radius 3 is 1.58 bits per heavy atom. The summed E-state index contributed by atoms with van der Waals surface area (Å²) in [5.41, 5.74) is 2.43. The van der Waals surface area contributed by atoms with Crippen molar-refractivity contribution in [2.24, 2.45) is 0 Å². The monoisotopic (exact) mass is 319 g/mol. The molecule has 0 N–H and O–H groups in total. The van der Waals surface area contributed by atoms with Crippen molar-refractivity contribution in [2.75, 3.05) is 4.90 Å². The van der Waals surface area contributed by atoms with Crippen molar-refractivity contribution in [3.05, 3.63) is 78.6 Å². The number of ketones is 1. The number of hydrogen-bond donors (Lipinski definition) is 0. The summed E-state index contributed by atoms with van der Waals surface area (Å²) in [5, 5.41) is 0. The third-order valence-electron chi connectivity index (χ3n) is 3.27. The Balaban J connectivity index is 0.00000100. The highest BCUT2D eigenvalue weighted by Crippen LogP contribution is 2.31. The van der Waals surface area contributed by atoms with Crippen LogP contribution in [-0.2, 0) is 0 Å². The zero-order valence-corrected chi connectivity index (χ0v) is 14.2. The molecule has 0 saturated heterocycles. The summed E-state index contributed by atoms with van der Waals surface area (Å²) >= 11 is 0. The molecule has 3 aromatic rings. The van der Waals surface area contributed by atoms with Crippen molar-refractivity contribution < 1.29 is 4.79 Å². The molecule has 0 saturated carbocycles. The summed E-state index contributed by atoms with van der Waals surface area (Å²) in [5.74, 6) is 0.486. The average Bonchev–Trinajstić information content (AvgIpc) is 2.66. The summed E-state index contributed by atoms with van der Waals surface area (Å²) in [6.07, 6.45) is 3.12. The number of rotatable bonds is 4. The van der Waals surface area contributed by atoms with Gasteiger partial charge < -0.3 is 0 Å². The van der Waals surface area contributed by atoms with Crippen LogP contribution in [0.4, 0.5) is 17.3 Å². The molecule has 0 aliphatic carbocycles. The number of benzene rings is 2. The van der Waals surface area contributed by atoms with Crippen LogP contribution >= 0.6 is 0 Å². The van der Waals surface area contributed by atoms with Gasteiger partial charge in [-0.3, -0.25) is 9.69 Å². The van der Waals surface area contributed by atoms with Crippen LogP contribution in [0.2, 0.25) is 0 Å². The molecule has 0 spiro atoms. The summed E-state index contributed by atoms with van der Waals surface area (Å²) < 4.78 is 0. The number of Topliss-reactive ketones (excluding diaryl/α,β-unsaturated/α-hetero) is 1. The van der Waals surface area contributed by atoms with Gasteiger partial charge in [-0.2, -0.15) is 0 Å². The van der Waals surface area contributed by atoms with E-state index >= 15 is 0 Å². The molecule has 1 heterocycles. The largest absolute Gasteiger partial charge is 0.294 e. The predicted molar refractivity (Wildman–Crippen MR) is 98.1 cm³/mol. The van der Waals surface area contributed by atoms with Gasteiger partial charge in [-0.15, -0.1) is 0 Å². The maximum Gasteiger partial charge on any atom is 0.234 e. The molecule has 0 aliphatic rings. The number of para-hydroxylation sites is 2. The van der Waals surface area contributed by atoms with E-state index in [1.807, 2.05) is 79.4 Å². The van der Waals surface area contributed by atoms with Crippen LogP contribution in [0.3, 0.4) is 0 Å². The van der Waals surface area contributed by atoms with Crippen LogP contribution in [-0.4, -0.2) is 15.8 Å². The second kappa shape index (κ2) is 8.58. The minimum atomic E-state index is -0.0440. The van der Waals surface area contributed by atoms with Gasteiger partial charge in [0.15, 0.2) is 5.78 Å². The zero-order chi connectivity index (χ0) is 17.4. The van der Waals surface area contributed by atoms with E-state index in [1.165, 1.54) is 6.92 Å². The molecule has 0 aliphatic heterocycles. The summed E-state index contributed by atoms with van der Waals surface area (Å²) in [6, 6.07) is 19.8. The van der Waals surface area contributed by atoms with Crippen molar-refractivity contribution in [1.29, 1.82) is 0 Å². The molecule has 4 heteroatoms. The first-order valence-corrected chi connectivity index (χ1v) is 7.99. The summed E-state index contributed by atoms with van der Waals surface area (Å²) in [7, 11) is 0. The second-order valence-electron chi connectivity index (χ2n) is 4.83. The maximum absolute atomic E-state index is 11.4. The standard InChI is InChI=1S/C18H15N3O.C2H6/c1-14(22)15-12-19-18(20-13-15)21(16-8-4-2-5-9-16)17-10-6-3-7-11-17;1-2/h2-13H,1H3;1-2H3. The van der Waals surface area contributed by atoms with Gasteiger partial charge in [0.1, 0.15) is 0 Å². The molecule has 0 amide bonds. The highest BCUT2D eigenvalue weighted by molar-refractivity contribution is 5.93. The fourth-order valence-corrected chi connectivity index (χ4v) is 2.15. The minimum absolute atomic E-state index is 0.0440. The smallest absolute Gasteiger partial charge is 0.234 e. The molecular formula is C20H21N3O. The Bertz CT molecular complexity index is 716. The van der Waals surface area contributed by atoms with Crippen LogP contribution in [0.1, 0.15) is 31.1 Å². The van der Waals surface area contributed by atoms with Gasteiger partial charge in [-0.1, -0.05) is 50.2 Å². The fourth-order valence-electron chi connectivity index (χ4n) is 2.15. The minimum Gasteiger partial charge on any atom is -0.294 e. The van der Waals surface area contributed by atoms with Gasteiger partial charge in [0.2, 0.25) is 5.95 Å². The molecule has 0 atom stereocenters. The number of aromatic nitrogens is 2. The first-order chi connectivity index (χ1) is 11.8. The Morgan fingerprint density at radius 2 is 1.21 bits per heavy atom. The van der Waals surface area contributed by atoms with E-state index in [2.05, 4.69) is 9.97 Å². The highest BCUT2D eigenvalue weighted by Gasteiger charge is 2.14. The van der Waals surface area contributed by atoms with E-state index in [0.29, 0.717) is 11.5 Å². The van der Waals surface area contributed by atoms with Crippen LogP contribution < -0.4 is 4.90 Å². The lowest BCUT2D eigenvalue weighted by molar-refractivity contribution is 0.101. The Labute approximate surface area is 142 Å². The van der Waals surface area contributed by atoms with Crippen LogP contribution in [0.5, 0.6) is 0 Å². The molecule has 1 aromatic heterocycles. The van der Waals surface area contributed by atoms with E-state index in [1.54, 1.807) is 12.4 Å². The molecule has 24 heavy (non-hydrogen) atoms. The van der Waals surface area contributed by atoms with Crippen molar-refractivity contribution in [1.82, 2.24) is 9.97 Å². The topological polar surface area (TPSA) is 46.1 Å². The first-order valence-electron chi connectivity index (χ1n) is 7.99.